The molecule has 0 heterocycles. The van der Waals surface area contributed by atoms with Crippen LogP contribution in [-0.4, -0.2) is 22.0 Å². The van der Waals surface area contributed by atoms with Gasteiger partial charge in [0.05, 0.1) is 33.9 Å². The van der Waals surface area contributed by atoms with Crippen LogP contribution >= 0.6 is 24.1 Å². The maximum atomic E-state index is 11.8. The average Bonchev–Trinajstić information content (AvgIpc) is 2.69. The molecule has 0 saturated carbocycles. The smallest absolute Gasteiger partial charge is 0.212 e. The number of fused-ring (bicyclic) bond motifs is 1. The van der Waals surface area contributed by atoms with Crippen molar-refractivity contribution >= 4 is 53.0 Å². The second-order valence-electron chi connectivity index (χ2n) is 5.05. The Bertz CT molecular complexity index is 892. The summed E-state index contributed by atoms with van der Waals surface area (Å²) in [4.78, 5) is 12.8. The fraction of sp³-hybridized carbons (Fsp3) is 0. The fourth-order valence-electron chi connectivity index (χ4n) is 2.09. The summed E-state index contributed by atoms with van der Waals surface area (Å²) in [5.41, 5.74) is 13.0. The largest absolute Gasteiger partial charge is 0.399 e. The van der Waals surface area contributed by atoms with Gasteiger partial charge in [0.15, 0.2) is 0 Å². The number of carbonyl (C=O) groups excluding carboxylic acids is 1. The van der Waals surface area contributed by atoms with Crippen LogP contribution in [0.2, 0.25) is 0 Å². The van der Waals surface area contributed by atoms with Gasteiger partial charge >= 0.3 is 0 Å². The molecule has 28 heavy (non-hydrogen) atoms. The summed E-state index contributed by atoms with van der Waals surface area (Å²) in [5, 5.41) is 30.3. The van der Waals surface area contributed by atoms with E-state index in [4.69, 9.17) is 27.4 Å². The molecule has 3 rings (SSSR count). The summed E-state index contributed by atoms with van der Waals surface area (Å²) in [7, 11) is 0. The van der Waals surface area contributed by atoms with Crippen molar-refractivity contribution in [3.8, 4) is 0 Å². The molecule has 0 bridgehead atoms. The number of nitrogens with two attached hydrogens (primary N) is 2. The summed E-state index contributed by atoms with van der Waals surface area (Å²) in [5.74, 6) is -0.425. The third-order valence-corrected chi connectivity index (χ3v) is 4.62. The molecule has 12 heteroatoms. The van der Waals surface area contributed by atoms with E-state index in [1.807, 2.05) is 0 Å². The van der Waals surface area contributed by atoms with Gasteiger partial charge in [-0.3, -0.25) is 10.2 Å². The van der Waals surface area contributed by atoms with Crippen LogP contribution in [0.5, 0.6) is 0 Å². The second-order valence-corrected chi connectivity index (χ2v) is 6.53. The number of ketones is 1. The molecule has 0 aliphatic heterocycles. The lowest BCUT2D eigenvalue weighted by Crippen LogP contribution is -2.19. The van der Waals surface area contributed by atoms with Gasteiger partial charge in [0, 0.05) is 16.9 Å². The van der Waals surface area contributed by atoms with Gasteiger partial charge in [0.1, 0.15) is 5.71 Å². The Morgan fingerprint density at radius 3 is 2.32 bits per heavy atom. The lowest BCUT2D eigenvalue weighted by molar-refractivity contribution is -0.432. The highest BCUT2D eigenvalue weighted by Crippen LogP contribution is 2.30. The van der Waals surface area contributed by atoms with Crippen LogP contribution in [0, 0.1) is 5.41 Å². The number of nitrogen functional groups attached to an aromatic ring is 2. The maximum Gasteiger partial charge on any atom is 0.212 e. The predicted molar refractivity (Wildman–Crippen MR) is 105 cm³/mol. The summed E-state index contributed by atoms with van der Waals surface area (Å²) in [6, 6.07) is 11.9. The quantitative estimate of drug-likeness (QED) is 0.198. The normalized spacial score (nSPS) is 12.7. The third kappa shape index (κ3) is 5.79. The van der Waals surface area contributed by atoms with E-state index in [0.717, 1.165) is 12.0 Å². The Kier molecular flexibility index (Phi) is 8.43. The number of anilines is 2. The average molecular weight is 425 g/mol. The number of hydrogen-bond donors (Lipinski definition) is 5. The summed E-state index contributed by atoms with van der Waals surface area (Å²) >= 11 is 1.43. The monoisotopic (exact) mass is 425 g/mol. The Morgan fingerprint density at radius 1 is 0.964 bits per heavy atom. The van der Waals surface area contributed by atoms with Crippen LogP contribution in [0.15, 0.2) is 52.3 Å². The molecule has 0 unspecified atom stereocenters. The topological polar surface area (TPSA) is 170 Å². The molecule has 0 radical (unpaired) electrons. The minimum atomic E-state index is -0.425. The molecule has 0 spiro atoms. The molecule has 0 aromatic heterocycles. The molecule has 1 aliphatic rings. The molecule has 2 aromatic rings. The van der Waals surface area contributed by atoms with E-state index in [0.29, 0.717) is 39.4 Å². The highest BCUT2D eigenvalue weighted by Gasteiger charge is 2.25. The lowest BCUT2D eigenvalue weighted by atomic mass is 9.94. The number of nitrogens with one attached hydrogen (secondary N) is 1. The third-order valence-electron chi connectivity index (χ3n) is 3.31. The first-order chi connectivity index (χ1) is 13.5. The number of allylic oxidation sites excluding steroid dienone is 1. The van der Waals surface area contributed by atoms with Crippen LogP contribution in [-0.2, 0) is 18.7 Å². The van der Waals surface area contributed by atoms with Gasteiger partial charge in [0.25, 0.3) is 0 Å². The Morgan fingerprint density at radius 2 is 1.64 bits per heavy atom. The fourth-order valence-corrected chi connectivity index (χ4v) is 2.95. The highest BCUT2D eigenvalue weighted by molar-refractivity contribution is 7.99. The predicted octanol–water partition coefficient (Wildman–Crippen LogP) is 3.59. The zero-order valence-corrected chi connectivity index (χ0v) is 15.7. The number of hydrogen-bond acceptors (Lipinski definition) is 12. The van der Waals surface area contributed by atoms with Gasteiger partial charge in [-0.15, -0.1) is 8.67 Å². The summed E-state index contributed by atoms with van der Waals surface area (Å²) < 4.78 is 8.41. The number of benzene rings is 2. The summed E-state index contributed by atoms with van der Waals surface area (Å²) in [6.45, 7) is 0. The summed E-state index contributed by atoms with van der Waals surface area (Å²) in [6.07, 6.45) is 1.57. The van der Waals surface area contributed by atoms with Crippen LogP contribution in [0.1, 0.15) is 15.9 Å². The SMILES string of the molecule is N=C1C(=O)c2ccc(N)cc2C=C1SOOO.Nc1ccccc1SOOO. The maximum absolute atomic E-state index is 11.8. The van der Waals surface area contributed by atoms with Crippen molar-refractivity contribution in [1.82, 2.24) is 0 Å². The van der Waals surface area contributed by atoms with E-state index < -0.39 is 5.78 Å². The lowest BCUT2D eigenvalue weighted by Gasteiger charge is -2.14. The van der Waals surface area contributed by atoms with Crippen molar-refractivity contribution in [2.75, 3.05) is 11.5 Å². The van der Waals surface area contributed by atoms with Gasteiger partial charge in [-0.25, -0.2) is 10.5 Å². The Labute approximate surface area is 167 Å². The minimum absolute atomic E-state index is 0.218. The molecule has 10 nitrogen and oxygen atoms in total. The molecule has 148 valence electrons. The molecule has 0 atom stereocenters. The molecular formula is C16H15N3O7S2. The van der Waals surface area contributed by atoms with Crippen molar-refractivity contribution in [2.45, 2.75) is 4.90 Å². The molecular weight excluding hydrogens is 410 g/mol. The van der Waals surface area contributed by atoms with Gasteiger partial charge in [-0.1, -0.05) is 22.2 Å². The molecule has 0 fully saturated rings. The van der Waals surface area contributed by atoms with Gasteiger partial charge in [-0.2, -0.15) is 0 Å². The Balaban J connectivity index is 0.000000221. The van der Waals surface area contributed by atoms with Crippen LogP contribution in [0.3, 0.4) is 0 Å². The highest BCUT2D eigenvalue weighted by atomic mass is 32.2. The zero-order chi connectivity index (χ0) is 20.5. The first kappa shape index (κ1) is 21.9. The number of para-hydroxylation sites is 1. The van der Waals surface area contributed by atoms with Crippen molar-refractivity contribution < 1.29 is 34.1 Å². The van der Waals surface area contributed by atoms with E-state index in [-0.39, 0.29) is 10.6 Å². The van der Waals surface area contributed by atoms with E-state index in [2.05, 4.69) is 18.7 Å². The van der Waals surface area contributed by atoms with Gasteiger partial charge in [0.2, 0.25) is 5.78 Å². The van der Waals surface area contributed by atoms with Crippen LogP contribution in [0.4, 0.5) is 11.4 Å². The second kappa shape index (κ2) is 10.8. The standard InChI is InChI=1S/C10H8N2O4S.C6H7NO3S/c11-6-1-2-7-5(3-6)4-8(17-16-15-14)9(12)10(7)13;7-5-3-1-2-4-6(5)11-10-9-8/h1-4,12,14H,11H2;1-4,8H,7H2. The van der Waals surface area contributed by atoms with E-state index in [1.165, 1.54) is 0 Å². The van der Waals surface area contributed by atoms with Gasteiger partial charge in [-0.05, 0) is 42.0 Å². The number of carbonyl (C=O) groups is 1. The van der Waals surface area contributed by atoms with Gasteiger partial charge < -0.3 is 11.5 Å². The Hall–Kier alpha value is -2.42. The van der Waals surface area contributed by atoms with Crippen molar-refractivity contribution in [3.63, 3.8) is 0 Å². The van der Waals surface area contributed by atoms with E-state index >= 15 is 0 Å². The number of rotatable bonds is 6. The molecule has 0 amide bonds. The molecule has 1 aliphatic carbocycles. The van der Waals surface area contributed by atoms with Crippen molar-refractivity contribution in [3.05, 3.63) is 58.5 Å². The van der Waals surface area contributed by atoms with Crippen LogP contribution in [0.25, 0.3) is 6.08 Å². The van der Waals surface area contributed by atoms with Crippen molar-refractivity contribution in [1.29, 1.82) is 5.41 Å². The van der Waals surface area contributed by atoms with Crippen molar-refractivity contribution in [2.24, 2.45) is 0 Å². The zero-order valence-electron chi connectivity index (χ0n) is 14.0. The molecule has 7 N–H and O–H groups in total. The van der Waals surface area contributed by atoms with E-state index in [1.54, 1.807) is 48.5 Å². The molecule has 0 saturated heterocycles. The molecule has 2 aromatic carbocycles. The van der Waals surface area contributed by atoms with E-state index in [9.17, 15) is 4.79 Å². The van der Waals surface area contributed by atoms with Crippen LogP contribution < -0.4 is 11.5 Å². The first-order valence-corrected chi connectivity index (χ1v) is 8.85. The first-order valence-electron chi connectivity index (χ1n) is 7.36. The minimum Gasteiger partial charge on any atom is -0.399 e. The number of Topliss-reactive ketones (excluding diaryl/α,β-unsaturated/α-hetero) is 1.